The molecular formula is C7H14BNO2. The second-order valence-corrected chi connectivity index (χ2v) is 2.95. The Labute approximate surface area is 68.5 Å². The van der Waals surface area contributed by atoms with Crippen LogP contribution in [-0.4, -0.2) is 38.8 Å². The molecule has 2 radical (unpaired) electrons. The first-order valence-electron chi connectivity index (χ1n) is 4.00. The van der Waals surface area contributed by atoms with Gasteiger partial charge in [0.2, 0.25) is 0 Å². The van der Waals surface area contributed by atoms with Gasteiger partial charge in [-0.1, -0.05) is 0 Å². The Morgan fingerprint density at radius 3 is 3.09 bits per heavy atom. The highest BCUT2D eigenvalue weighted by molar-refractivity contribution is 6.11. The van der Waals surface area contributed by atoms with E-state index in [0.717, 1.165) is 19.4 Å². The topological polar surface area (TPSA) is 41.5 Å². The Bertz CT molecular complexity index is 113. The predicted molar refractivity (Wildman–Crippen MR) is 43.3 cm³/mol. The van der Waals surface area contributed by atoms with Crippen molar-refractivity contribution in [1.82, 2.24) is 5.32 Å². The molecule has 1 heterocycles. The maximum absolute atomic E-state index is 8.39. The third-order valence-corrected chi connectivity index (χ3v) is 1.99. The fraction of sp³-hybridized carbons (Fsp3) is 1.00. The van der Waals surface area contributed by atoms with Crippen molar-refractivity contribution < 1.29 is 9.84 Å². The van der Waals surface area contributed by atoms with E-state index in [1.165, 1.54) is 0 Å². The SMILES string of the molecule is [B]C1CC(COCO)CCN1. The lowest BCUT2D eigenvalue weighted by atomic mass is 9.82. The van der Waals surface area contributed by atoms with Gasteiger partial charge in [0.15, 0.2) is 0 Å². The Morgan fingerprint density at radius 2 is 2.45 bits per heavy atom. The van der Waals surface area contributed by atoms with Crippen molar-refractivity contribution in [2.45, 2.75) is 18.8 Å². The van der Waals surface area contributed by atoms with Crippen LogP contribution in [0.2, 0.25) is 0 Å². The first kappa shape index (κ1) is 9.04. The number of hydrogen-bond donors (Lipinski definition) is 2. The van der Waals surface area contributed by atoms with Gasteiger partial charge in [0, 0.05) is 0 Å². The summed E-state index contributed by atoms with van der Waals surface area (Å²) in [7, 11) is 5.67. The Hall–Kier alpha value is -0.0551. The Kier molecular flexibility index (Phi) is 3.90. The van der Waals surface area contributed by atoms with Crippen molar-refractivity contribution in [2.24, 2.45) is 5.92 Å². The average Bonchev–Trinajstić information content (AvgIpc) is 2.01. The standard InChI is InChI=1S/C7H14BNO2/c8-7-3-6(1-2-9-7)4-11-5-10/h6-7,9-10H,1-5H2. The fourth-order valence-corrected chi connectivity index (χ4v) is 1.40. The molecule has 1 aliphatic heterocycles. The van der Waals surface area contributed by atoms with Crippen LogP contribution in [0.1, 0.15) is 12.8 Å². The van der Waals surface area contributed by atoms with Crippen LogP contribution in [-0.2, 0) is 4.74 Å². The van der Waals surface area contributed by atoms with E-state index in [9.17, 15) is 0 Å². The van der Waals surface area contributed by atoms with Crippen LogP contribution in [0.4, 0.5) is 0 Å². The van der Waals surface area contributed by atoms with Crippen molar-refractivity contribution in [3.8, 4) is 0 Å². The molecule has 0 aliphatic carbocycles. The van der Waals surface area contributed by atoms with Gasteiger partial charge in [-0.25, -0.2) is 0 Å². The molecule has 62 valence electrons. The molecule has 0 amide bonds. The zero-order chi connectivity index (χ0) is 8.10. The molecule has 1 aliphatic rings. The molecule has 1 saturated heterocycles. The smallest absolute Gasteiger partial charge is 0.143 e. The molecule has 4 heteroatoms. The number of piperidine rings is 1. The molecular weight excluding hydrogens is 141 g/mol. The first-order valence-corrected chi connectivity index (χ1v) is 4.00. The van der Waals surface area contributed by atoms with Crippen molar-refractivity contribution >= 4 is 7.85 Å². The summed E-state index contributed by atoms with van der Waals surface area (Å²) in [6.07, 6.45) is 2.04. The minimum absolute atomic E-state index is 0.107. The number of nitrogens with one attached hydrogen (secondary N) is 1. The molecule has 1 fully saturated rings. The number of hydrogen-bond acceptors (Lipinski definition) is 3. The molecule has 3 nitrogen and oxygen atoms in total. The summed E-state index contributed by atoms with van der Waals surface area (Å²) in [5.41, 5.74) is 0. The monoisotopic (exact) mass is 155 g/mol. The van der Waals surface area contributed by atoms with Crippen LogP contribution in [0, 0.1) is 5.92 Å². The van der Waals surface area contributed by atoms with Gasteiger partial charge in [0.25, 0.3) is 0 Å². The molecule has 0 aromatic rings. The molecule has 2 atom stereocenters. The summed E-state index contributed by atoms with van der Waals surface area (Å²) in [6, 6.07) is 0. The van der Waals surface area contributed by atoms with Gasteiger partial charge in [-0.2, -0.15) is 0 Å². The van der Waals surface area contributed by atoms with E-state index in [0.29, 0.717) is 12.5 Å². The number of ether oxygens (including phenoxy) is 1. The van der Waals surface area contributed by atoms with Gasteiger partial charge in [0.1, 0.15) is 6.79 Å². The van der Waals surface area contributed by atoms with Crippen LogP contribution in [0.25, 0.3) is 0 Å². The highest BCUT2D eigenvalue weighted by atomic mass is 16.6. The van der Waals surface area contributed by atoms with Crippen molar-refractivity contribution in [2.75, 3.05) is 19.9 Å². The third kappa shape index (κ3) is 3.23. The zero-order valence-electron chi connectivity index (χ0n) is 6.62. The maximum Gasteiger partial charge on any atom is 0.143 e. The Morgan fingerprint density at radius 1 is 1.64 bits per heavy atom. The molecule has 2 unspecified atom stereocenters. The van der Waals surface area contributed by atoms with E-state index in [4.69, 9.17) is 17.7 Å². The summed E-state index contributed by atoms with van der Waals surface area (Å²) in [6.45, 7) is 1.41. The summed E-state index contributed by atoms with van der Waals surface area (Å²) >= 11 is 0. The molecule has 0 aromatic carbocycles. The fourth-order valence-electron chi connectivity index (χ4n) is 1.40. The average molecular weight is 155 g/mol. The van der Waals surface area contributed by atoms with E-state index in [1.54, 1.807) is 0 Å². The van der Waals surface area contributed by atoms with E-state index < -0.39 is 0 Å². The minimum atomic E-state index is -0.181. The molecule has 11 heavy (non-hydrogen) atoms. The van der Waals surface area contributed by atoms with Crippen molar-refractivity contribution in [3.05, 3.63) is 0 Å². The van der Waals surface area contributed by atoms with Crippen molar-refractivity contribution in [3.63, 3.8) is 0 Å². The van der Waals surface area contributed by atoms with Crippen molar-refractivity contribution in [1.29, 1.82) is 0 Å². The molecule has 0 bridgehead atoms. The number of aliphatic hydroxyl groups is 1. The lowest BCUT2D eigenvalue weighted by Gasteiger charge is -2.27. The molecule has 2 N–H and O–H groups in total. The highest BCUT2D eigenvalue weighted by Gasteiger charge is 2.17. The van der Waals surface area contributed by atoms with Gasteiger partial charge >= 0.3 is 0 Å². The maximum atomic E-state index is 8.39. The van der Waals surface area contributed by atoms with Gasteiger partial charge in [-0.15, -0.1) is 0 Å². The third-order valence-electron chi connectivity index (χ3n) is 1.99. The second-order valence-electron chi connectivity index (χ2n) is 2.95. The van der Waals surface area contributed by atoms with Gasteiger partial charge in [-0.3, -0.25) is 0 Å². The second kappa shape index (κ2) is 4.75. The van der Waals surface area contributed by atoms with Crippen LogP contribution in [0.15, 0.2) is 0 Å². The van der Waals surface area contributed by atoms with Gasteiger partial charge < -0.3 is 15.2 Å². The van der Waals surface area contributed by atoms with Crippen LogP contribution in [0.5, 0.6) is 0 Å². The zero-order valence-corrected chi connectivity index (χ0v) is 6.62. The summed E-state index contributed by atoms with van der Waals surface area (Å²) < 4.78 is 4.89. The Balaban J connectivity index is 2.12. The van der Waals surface area contributed by atoms with Crippen LogP contribution < -0.4 is 5.32 Å². The summed E-state index contributed by atoms with van der Waals surface area (Å²) in [4.78, 5) is 0. The molecule has 0 spiro atoms. The highest BCUT2D eigenvalue weighted by Crippen LogP contribution is 2.14. The lowest BCUT2D eigenvalue weighted by molar-refractivity contribution is -0.0221. The molecule has 0 aromatic heterocycles. The van der Waals surface area contributed by atoms with E-state index in [1.807, 2.05) is 0 Å². The normalized spacial score (nSPS) is 32.1. The van der Waals surface area contributed by atoms with E-state index in [-0.39, 0.29) is 12.7 Å². The van der Waals surface area contributed by atoms with E-state index in [2.05, 4.69) is 5.32 Å². The van der Waals surface area contributed by atoms with E-state index >= 15 is 0 Å². The number of aliphatic hydroxyl groups excluding tert-OH is 1. The lowest BCUT2D eigenvalue weighted by Crippen LogP contribution is -2.39. The predicted octanol–water partition coefficient (Wildman–Crippen LogP) is -0.553. The molecule has 0 saturated carbocycles. The summed E-state index contributed by atoms with van der Waals surface area (Å²) in [5, 5.41) is 11.5. The van der Waals surface area contributed by atoms with Gasteiger partial charge in [-0.05, 0) is 31.2 Å². The van der Waals surface area contributed by atoms with Gasteiger partial charge in [0.05, 0.1) is 14.5 Å². The quantitative estimate of drug-likeness (QED) is 0.424. The number of rotatable bonds is 3. The molecule has 1 rings (SSSR count). The summed E-state index contributed by atoms with van der Waals surface area (Å²) in [5.74, 6) is 0.620. The first-order chi connectivity index (χ1) is 5.33. The largest absolute Gasteiger partial charge is 0.371 e. The van der Waals surface area contributed by atoms with Crippen LogP contribution in [0.3, 0.4) is 0 Å². The minimum Gasteiger partial charge on any atom is -0.371 e. The van der Waals surface area contributed by atoms with Crippen LogP contribution >= 0.6 is 0 Å².